The maximum atomic E-state index is 11.6. The van der Waals surface area contributed by atoms with Crippen LogP contribution in [0, 0.1) is 22.8 Å². The van der Waals surface area contributed by atoms with Crippen LogP contribution in [0.3, 0.4) is 0 Å². The van der Waals surface area contributed by atoms with E-state index < -0.39 is 52.4 Å². The summed E-state index contributed by atoms with van der Waals surface area (Å²) in [6.45, 7) is 22.6. The molecule has 27 nitrogen and oxygen atoms in total. The first-order valence-electron chi connectivity index (χ1n) is 25.3. The molecule has 81 heavy (non-hydrogen) atoms. The summed E-state index contributed by atoms with van der Waals surface area (Å²) in [7, 11) is -1.14. The van der Waals surface area contributed by atoms with Crippen LogP contribution < -0.4 is 52.0 Å². The third-order valence-corrected chi connectivity index (χ3v) is 15.0. The molecule has 0 saturated carbocycles. The van der Waals surface area contributed by atoms with Crippen LogP contribution in [0.15, 0.2) is 39.7 Å². The molecule has 4 saturated heterocycles. The van der Waals surface area contributed by atoms with Gasteiger partial charge in [-0.3, -0.25) is 13.7 Å². The van der Waals surface area contributed by atoms with Gasteiger partial charge >= 0.3 is 73.6 Å². The topological polar surface area (TPSA) is 380 Å². The van der Waals surface area contributed by atoms with Gasteiger partial charge < -0.3 is 60.6 Å². The molecule has 4 aromatic heterocycles. The van der Waals surface area contributed by atoms with Crippen LogP contribution in [0.1, 0.15) is 131 Å². The molecule has 8 rings (SSSR count). The number of aliphatic hydroxyl groups excluding tert-OH is 2. The van der Waals surface area contributed by atoms with Crippen molar-refractivity contribution in [2.24, 2.45) is 17.8 Å². The molecule has 0 aliphatic carbocycles. The number of nitrogen functional groups attached to an aromatic ring is 3. The normalized spacial score (nSPS) is 25.5. The summed E-state index contributed by atoms with van der Waals surface area (Å²) in [6.07, 6.45) is 9.57. The zero-order valence-corrected chi connectivity index (χ0v) is 62.1. The van der Waals surface area contributed by atoms with E-state index in [-0.39, 0.29) is 98.8 Å². The van der Waals surface area contributed by atoms with E-state index in [1.807, 2.05) is 13.5 Å². The van der Waals surface area contributed by atoms with E-state index in [9.17, 15) is 19.5 Å². The molecule has 4 aliphatic heterocycles. The van der Waals surface area contributed by atoms with Crippen LogP contribution >= 0.6 is 98.4 Å². The molecular weight excluding hydrogens is 1770 g/mol. The molecule has 0 aromatic carbocycles. The average molecular weight is 1850 g/mol. The number of nitrogens with zero attached hydrogens (tertiary/aromatic N) is 12. The third-order valence-electron chi connectivity index (χ3n) is 12.6. The van der Waals surface area contributed by atoms with Crippen LogP contribution in [0.25, 0.3) is 0 Å². The summed E-state index contributed by atoms with van der Waals surface area (Å²) in [5.74, 6) is 2.11. The number of nitrogens with one attached hydrogen (secondary N) is 1. The second-order valence-electron chi connectivity index (χ2n) is 19.6. The summed E-state index contributed by atoms with van der Waals surface area (Å²) in [5.41, 5.74) is 14.6. The molecule has 35 heteroatoms. The molecule has 9 N–H and O–H groups in total. The molecule has 4 aliphatic rings. The van der Waals surface area contributed by atoms with Gasteiger partial charge in [0.1, 0.15) is 64.5 Å². The Morgan fingerprint density at radius 1 is 0.716 bits per heavy atom. The zero-order chi connectivity index (χ0) is 59.7. The van der Waals surface area contributed by atoms with Crippen LogP contribution in [-0.2, 0) is 23.7 Å². The monoisotopic (exact) mass is 1850 g/mol. The van der Waals surface area contributed by atoms with E-state index in [4.69, 9.17) is 55.5 Å². The molecule has 13 atom stereocenters. The van der Waals surface area contributed by atoms with Crippen LogP contribution in [0.5, 0.6) is 6.01 Å². The number of aliphatic hydroxyl groups is 2. The van der Waals surface area contributed by atoms with Crippen molar-refractivity contribution < 1.29 is 51.6 Å². The summed E-state index contributed by atoms with van der Waals surface area (Å²) in [4.78, 5) is 68.9. The number of anilines is 3. The van der Waals surface area contributed by atoms with Crippen molar-refractivity contribution in [3.05, 3.63) is 62.6 Å². The van der Waals surface area contributed by atoms with Crippen molar-refractivity contribution in [1.82, 2.24) is 58.6 Å². The van der Waals surface area contributed by atoms with Crippen molar-refractivity contribution in [2.45, 2.75) is 188 Å². The van der Waals surface area contributed by atoms with Gasteiger partial charge in [0, 0.05) is 62.7 Å². The molecule has 4 aromatic rings. The van der Waals surface area contributed by atoms with Crippen molar-refractivity contribution in [1.29, 1.82) is 5.05 Å². The molecule has 6 unspecified atom stereocenters. The Hall–Kier alpha value is -1.03. The number of ether oxygens (including phenoxy) is 5. The van der Waals surface area contributed by atoms with E-state index in [1.54, 1.807) is 7.11 Å². The maximum Gasteiger partial charge on any atom is 0.354 e. The number of hydrogen-bond acceptors (Lipinski definition) is 24. The Morgan fingerprint density at radius 3 is 1.38 bits per heavy atom. The van der Waals surface area contributed by atoms with Gasteiger partial charge in [0.05, 0.1) is 31.0 Å². The van der Waals surface area contributed by atoms with Gasteiger partial charge in [-0.1, -0.05) is 55.9 Å². The fourth-order valence-corrected chi connectivity index (χ4v) is 9.47. The molecule has 0 amide bonds. The molecule has 0 bridgehead atoms. The van der Waals surface area contributed by atoms with Gasteiger partial charge in [-0.2, -0.15) is 24.9 Å². The van der Waals surface area contributed by atoms with E-state index in [1.165, 1.54) is 34.4 Å². The molecule has 8 heterocycles. The van der Waals surface area contributed by atoms with Gasteiger partial charge in [-0.15, -0.1) is 24.0 Å². The van der Waals surface area contributed by atoms with Crippen molar-refractivity contribution in [2.75, 3.05) is 30.9 Å². The summed E-state index contributed by atoms with van der Waals surface area (Å²) in [5, 5.41) is 26.1. The Kier molecular flexibility index (Phi) is 40.7. The predicted octanol–water partition coefficient (Wildman–Crippen LogP) is 4.76. The first-order chi connectivity index (χ1) is 37.3. The van der Waals surface area contributed by atoms with Gasteiger partial charge in [0.2, 0.25) is 26.2 Å². The Morgan fingerprint density at radius 2 is 1.09 bits per heavy atom. The Balaban J connectivity index is 0.000000968. The third kappa shape index (κ3) is 27.3. The molecule has 4 fully saturated rings. The molecule has 0 spiro atoms. The predicted molar refractivity (Wildman–Crippen MR) is 354 cm³/mol. The second-order valence-corrected chi connectivity index (χ2v) is 42.5. The first-order valence-corrected chi connectivity index (χ1v) is 49.7. The number of hydrogen-bond donors (Lipinski definition) is 6. The van der Waals surface area contributed by atoms with Crippen LogP contribution in [0.2, 0.25) is 26.2 Å². The van der Waals surface area contributed by atoms with Crippen LogP contribution in [0.4, 0.5) is 17.8 Å². The second kappa shape index (κ2) is 41.2. The number of nitrogens with two attached hydrogens (primary N) is 3. The van der Waals surface area contributed by atoms with E-state index in [2.05, 4.69) is 181 Å². The minimum absolute atomic E-state index is 0. The van der Waals surface area contributed by atoms with Crippen molar-refractivity contribution in [3.8, 4) is 6.01 Å². The van der Waals surface area contributed by atoms with E-state index in [0.717, 1.165) is 43.1 Å². The van der Waals surface area contributed by atoms with Gasteiger partial charge in [0.15, 0.2) is 6.29 Å². The maximum absolute atomic E-state index is 11.6. The zero-order valence-electron chi connectivity index (χ0n) is 46.9. The fourth-order valence-electron chi connectivity index (χ4n) is 8.30. The quantitative estimate of drug-likeness (QED) is 0.0822. The van der Waals surface area contributed by atoms with E-state index >= 15 is 0 Å². The average Bonchev–Trinajstić information content (AvgIpc) is 4.18. The Labute approximate surface area is 547 Å². The largest absolute Gasteiger partial charge is 0.394 e. The van der Waals surface area contributed by atoms with Crippen molar-refractivity contribution in [3.63, 3.8) is 0 Å². The number of methoxy groups -OCH3 is 1. The SMILES string of the molecule is C.CC(c1ncnc(O[Si](C)(C)C)n1)[Si](C)=N.CC[C@H]1OC(OC)CC1C.CC[C@H]1O[C@@H](n2cnc(N)nc2=O)CC1C.CC[C@H]1O[C@H](n2cnc(N)nc2=O)CC1C.I.II.I[I-]I.Nc1ncn([C@H]2CC(O)[C@@H](CO)O2)c(=O)n1. The molecule has 0 radical (unpaired) electrons. The summed E-state index contributed by atoms with van der Waals surface area (Å²) < 4.78 is 37.1. The molecule has 464 valence electrons. The standard InChI is InChI=1S/2C10H16N4O2.C9H18N4OSi2.C8H12N4O4.C8H16O2.CH4.I3.I2.HI/c2*1-3-7-6(2)4-8(16-7)14-5-12-9(11)13-10(14)15;1-7(15(2)10)8-11-6-12-9(13-8)14-16(3,4)5;9-7-10-3-12(8(15)11-7)6-1-4(14)5(2-13)16-6;1-4-7-6(2)5-8(9-3)10-7;;1-3-2;1-2;/h2*5-8H,3-4H2,1-2H3,(H2,11,13,15);6-7,10H,1-5H3;3-6,13-14H,1-2H2,(H2,9,11,15);6-8H,4-5H2,1-3H3;1H4;;;1H/q;;;;;;-1;;/t6?,7-,8+;6?,7-,8-;;4?,5-,6-;6?,7-,8?;;;;/m11.11..../s1. The van der Waals surface area contributed by atoms with Gasteiger partial charge in [-0.05, 0) is 76.0 Å². The van der Waals surface area contributed by atoms with Crippen LogP contribution in [-0.4, -0.2) is 136 Å². The molecular formula is C46H83I6N16O11Si2-. The number of rotatable bonds is 12. The van der Waals surface area contributed by atoms with Gasteiger partial charge in [-0.25, -0.2) is 34.3 Å². The summed E-state index contributed by atoms with van der Waals surface area (Å²) in [6, 6.07) is 0.402. The van der Waals surface area contributed by atoms with Gasteiger partial charge in [0.25, 0.3) is 0 Å². The van der Waals surface area contributed by atoms with E-state index in [0.29, 0.717) is 48.9 Å². The Bertz CT molecular complexity index is 2430. The number of halogens is 6. The smallest absolute Gasteiger partial charge is 0.354 e. The van der Waals surface area contributed by atoms with Crippen molar-refractivity contribution >= 4 is 133 Å². The summed E-state index contributed by atoms with van der Waals surface area (Å²) >= 11 is 9.54. The fraction of sp³-hybridized carbons (Fsp3) is 0.739. The number of aromatic nitrogens is 12. The first kappa shape index (κ1) is 80.0. The minimum Gasteiger partial charge on any atom is -0.394 e. The minimum atomic E-state index is -1.67.